The molecule has 1 unspecified atom stereocenters. The van der Waals surface area contributed by atoms with E-state index in [9.17, 15) is 9.59 Å². The topological polar surface area (TPSA) is 66.4 Å². The van der Waals surface area contributed by atoms with Crippen molar-refractivity contribution in [2.75, 3.05) is 0 Å². The Morgan fingerprint density at radius 3 is 2.93 bits per heavy atom. The number of fused-ring (bicyclic) bond motifs is 1. The van der Waals surface area contributed by atoms with E-state index >= 15 is 0 Å². The Labute approximate surface area is 86.9 Å². The summed E-state index contributed by atoms with van der Waals surface area (Å²) in [4.78, 5) is 22.1. The van der Waals surface area contributed by atoms with Crippen LogP contribution in [-0.2, 0) is 11.3 Å². The zero-order chi connectivity index (χ0) is 11.0. The Balaban J connectivity index is 2.41. The minimum Gasteiger partial charge on any atom is -0.481 e. The average Bonchev–Trinajstić information content (AvgIpc) is 2.59. The molecular formula is C11H11NO3. The Morgan fingerprint density at radius 1 is 1.53 bits per heavy atom. The van der Waals surface area contributed by atoms with Crippen LogP contribution in [0.2, 0.25) is 0 Å². The Hall–Kier alpha value is -1.84. The van der Waals surface area contributed by atoms with Crippen molar-refractivity contribution in [2.24, 2.45) is 0 Å². The van der Waals surface area contributed by atoms with E-state index in [0.717, 1.165) is 5.56 Å². The number of hydrogen-bond donors (Lipinski definition) is 2. The van der Waals surface area contributed by atoms with E-state index in [0.29, 0.717) is 17.7 Å². The van der Waals surface area contributed by atoms with Gasteiger partial charge in [0, 0.05) is 12.1 Å². The molecule has 0 saturated carbocycles. The molecule has 0 spiro atoms. The van der Waals surface area contributed by atoms with Gasteiger partial charge in [0.2, 0.25) is 0 Å². The molecule has 4 nitrogen and oxygen atoms in total. The van der Waals surface area contributed by atoms with Crippen molar-refractivity contribution >= 4 is 11.9 Å². The van der Waals surface area contributed by atoms with Crippen LogP contribution in [0, 0.1) is 0 Å². The predicted molar refractivity (Wildman–Crippen MR) is 53.7 cm³/mol. The fourth-order valence-electron chi connectivity index (χ4n) is 1.64. The van der Waals surface area contributed by atoms with Gasteiger partial charge in [-0.2, -0.15) is 0 Å². The highest BCUT2D eigenvalue weighted by Gasteiger charge is 2.21. The lowest BCUT2D eigenvalue weighted by molar-refractivity contribution is -0.138. The number of aliphatic carboxylic acids is 1. The minimum atomic E-state index is -0.881. The molecule has 0 radical (unpaired) electrons. The van der Waals surface area contributed by atoms with Crippen molar-refractivity contribution in [3.05, 3.63) is 34.9 Å². The molecule has 0 fully saturated rings. The van der Waals surface area contributed by atoms with Gasteiger partial charge in [-0.25, -0.2) is 0 Å². The second kappa shape index (κ2) is 3.38. The van der Waals surface area contributed by atoms with Crippen LogP contribution in [0.25, 0.3) is 0 Å². The highest BCUT2D eigenvalue weighted by molar-refractivity contribution is 5.98. The summed E-state index contributed by atoms with van der Waals surface area (Å²) in [5.74, 6) is -1.58. The van der Waals surface area contributed by atoms with E-state index in [1.807, 2.05) is 6.07 Å². The van der Waals surface area contributed by atoms with Gasteiger partial charge >= 0.3 is 5.97 Å². The minimum absolute atomic E-state index is 0.121. The highest BCUT2D eigenvalue weighted by atomic mass is 16.4. The number of nitrogens with one attached hydrogen (secondary N) is 1. The Morgan fingerprint density at radius 2 is 2.27 bits per heavy atom. The van der Waals surface area contributed by atoms with Crippen LogP contribution in [0.1, 0.15) is 34.3 Å². The summed E-state index contributed by atoms with van der Waals surface area (Å²) in [6.07, 6.45) is 0. The molecular weight excluding hydrogens is 194 g/mol. The van der Waals surface area contributed by atoms with Gasteiger partial charge in [-0.1, -0.05) is 12.1 Å². The molecule has 2 N–H and O–H groups in total. The van der Waals surface area contributed by atoms with Gasteiger partial charge in [0.1, 0.15) is 0 Å². The summed E-state index contributed by atoms with van der Waals surface area (Å²) in [5, 5.41) is 11.5. The first-order valence-corrected chi connectivity index (χ1v) is 4.73. The molecule has 1 aromatic rings. The number of hydrogen-bond acceptors (Lipinski definition) is 2. The lowest BCUT2D eigenvalue weighted by Crippen LogP contribution is -2.13. The van der Waals surface area contributed by atoms with Gasteiger partial charge in [-0.15, -0.1) is 0 Å². The summed E-state index contributed by atoms with van der Waals surface area (Å²) in [6.45, 7) is 2.15. The molecule has 1 aliphatic rings. The maximum atomic E-state index is 11.4. The molecule has 1 heterocycles. The van der Waals surface area contributed by atoms with Gasteiger partial charge in [-0.3, -0.25) is 9.59 Å². The molecule has 2 rings (SSSR count). The first kappa shape index (κ1) is 9.71. The first-order chi connectivity index (χ1) is 7.09. The molecule has 15 heavy (non-hydrogen) atoms. The van der Waals surface area contributed by atoms with E-state index in [-0.39, 0.29) is 5.91 Å². The number of carboxylic acid groups (broad SMARTS) is 1. The van der Waals surface area contributed by atoms with Crippen LogP contribution in [-0.4, -0.2) is 17.0 Å². The van der Waals surface area contributed by atoms with Crippen LogP contribution >= 0.6 is 0 Å². The number of benzene rings is 1. The summed E-state index contributed by atoms with van der Waals surface area (Å²) < 4.78 is 0. The lowest BCUT2D eigenvalue weighted by atomic mass is 9.97. The Kier molecular flexibility index (Phi) is 2.19. The summed E-state index contributed by atoms with van der Waals surface area (Å²) in [5.41, 5.74) is 2.19. The van der Waals surface area contributed by atoms with Gasteiger partial charge in [0.05, 0.1) is 5.92 Å². The van der Waals surface area contributed by atoms with Crippen molar-refractivity contribution in [3.8, 4) is 0 Å². The monoisotopic (exact) mass is 205 g/mol. The molecule has 1 aliphatic heterocycles. The lowest BCUT2D eigenvalue weighted by Gasteiger charge is -2.07. The average molecular weight is 205 g/mol. The predicted octanol–water partition coefficient (Wildman–Crippen LogP) is 1.12. The molecule has 0 bridgehead atoms. The van der Waals surface area contributed by atoms with E-state index in [1.54, 1.807) is 19.1 Å². The summed E-state index contributed by atoms with van der Waals surface area (Å²) in [6, 6.07) is 5.23. The molecule has 0 aliphatic carbocycles. The molecule has 1 amide bonds. The fourth-order valence-corrected chi connectivity index (χ4v) is 1.64. The van der Waals surface area contributed by atoms with Crippen LogP contribution in [0.3, 0.4) is 0 Å². The molecule has 1 aromatic carbocycles. The van der Waals surface area contributed by atoms with E-state index in [4.69, 9.17) is 5.11 Å². The van der Waals surface area contributed by atoms with Gasteiger partial charge in [-0.05, 0) is 24.1 Å². The van der Waals surface area contributed by atoms with Crippen molar-refractivity contribution in [3.63, 3.8) is 0 Å². The normalized spacial score (nSPS) is 15.7. The second-order valence-electron chi connectivity index (χ2n) is 3.66. The van der Waals surface area contributed by atoms with Crippen molar-refractivity contribution in [1.82, 2.24) is 5.32 Å². The van der Waals surface area contributed by atoms with Gasteiger partial charge in [0.25, 0.3) is 5.91 Å². The molecule has 0 saturated heterocycles. The number of rotatable bonds is 2. The third-order valence-electron chi connectivity index (χ3n) is 2.69. The highest BCUT2D eigenvalue weighted by Crippen LogP contribution is 2.22. The molecule has 1 atom stereocenters. The van der Waals surface area contributed by atoms with Crippen LogP contribution in [0.5, 0.6) is 0 Å². The third kappa shape index (κ3) is 1.58. The molecule has 0 aromatic heterocycles. The van der Waals surface area contributed by atoms with Crippen LogP contribution < -0.4 is 5.32 Å². The van der Waals surface area contributed by atoms with Gasteiger partial charge in [0.15, 0.2) is 0 Å². The molecule has 4 heteroatoms. The zero-order valence-corrected chi connectivity index (χ0v) is 8.28. The van der Waals surface area contributed by atoms with E-state index in [1.165, 1.54) is 0 Å². The van der Waals surface area contributed by atoms with E-state index in [2.05, 4.69) is 5.32 Å². The van der Waals surface area contributed by atoms with Gasteiger partial charge < -0.3 is 10.4 Å². The number of amides is 1. The van der Waals surface area contributed by atoms with Crippen molar-refractivity contribution < 1.29 is 14.7 Å². The standard InChI is InChI=1S/C11H11NO3/c1-6(11(14)15)7-2-3-8-5-12-10(13)9(8)4-7/h2-4,6H,5H2,1H3,(H,12,13)(H,14,15). The molecule has 78 valence electrons. The summed E-state index contributed by atoms with van der Waals surface area (Å²) >= 11 is 0. The second-order valence-corrected chi connectivity index (χ2v) is 3.66. The number of carbonyl (C=O) groups excluding carboxylic acids is 1. The number of carbonyl (C=O) groups is 2. The maximum absolute atomic E-state index is 11.4. The maximum Gasteiger partial charge on any atom is 0.310 e. The Bertz CT molecular complexity index is 439. The largest absolute Gasteiger partial charge is 0.481 e. The quantitative estimate of drug-likeness (QED) is 0.760. The smallest absolute Gasteiger partial charge is 0.310 e. The van der Waals surface area contributed by atoms with Crippen LogP contribution in [0.15, 0.2) is 18.2 Å². The van der Waals surface area contributed by atoms with Crippen molar-refractivity contribution in [1.29, 1.82) is 0 Å². The van der Waals surface area contributed by atoms with Crippen LogP contribution in [0.4, 0.5) is 0 Å². The van der Waals surface area contributed by atoms with E-state index < -0.39 is 11.9 Å². The summed E-state index contributed by atoms with van der Waals surface area (Å²) in [7, 11) is 0. The SMILES string of the molecule is CC(C(=O)O)c1ccc2c(c1)C(=O)NC2. The zero-order valence-electron chi connectivity index (χ0n) is 8.28. The number of carboxylic acids is 1. The third-order valence-corrected chi connectivity index (χ3v) is 2.69. The van der Waals surface area contributed by atoms with Crippen molar-refractivity contribution in [2.45, 2.75) is 19.4 Å². The first-order valence-electron chi connectivity index (χ1n) is 4.73. The fraction of sp³-hybridized carbons (Fsp3) is 0.273.